The van der Waals surface area contributed by atoms with Crippen LogP contribution in [0.5, 0.6) is 5.75 Å². The predicted molar refractivity (Wildman–Crippen MR) is 148 cm³/mol. The summed E-state index contributed by atoms with van der Waals surface area (Å²) < 4.78 is 76.2. The molecular weight excluding hydrogens is 567 g/mol. The summed E-state index contributed by atoms with van der Waals surface area (Å²) in [6.45, 7) is 5.37. The minimum absolute atomic E-state index is 0.0198. The lowest BCUT2D eigenvalue weighted by Crippen LogP contribution is -2.48. The smallest absolute Gasteiger partial charge is 0.389 e. The van der Waals surface area contributed by atoms with Crippen LogP contribution in [0.2, 0.25) is 0 Å². The molecule has 0 saturated carbocycles. The third kappa shape index (κ3) is 11.7. The number of anilines is 1. The van der Waals surface area contributed by atoms with E-state index in [0.29, 0.717) is 19.4 Å². The zero-order valence-electron chi connectivity index (χ0n) is 24.2. The van der Waals surface area contributed by atoms with E-state index in [2.05, 4.69) is 4.72 Å². The Morgan fingerprint density at radius 3 is 2.56 bits per heavy atom. The summed E-state index contributed by atoms with van der Waals surface area (Å²) in [6, 6.07) is 3.77. The molecule has 10 nitrogen and oxygen atoms in total. The highest BCUT2D eigenvalue weighted by Gasteiger charge is 2.32. The molecule has 0 spiro atoms. The van der Waals surface area contributed by atoms with Gasteiger partial charge in [-0.15, -0.1) is 0 Å². The van der Waals surface area contributed by atoms with Crippen molar-refractivity contribution in [3.05, 3.63) is 23.8 Å². The van der Waals surface area contributed by atoms with Crippen molar-refractivity contribution in [2.45, 2.75) is 77.3 Å². The molecule has 4 atom stereocenters. The molecule has 1 heterocycles. The van der Waals surface area contributed by atoms with Crippen molar-refractivity contribution in [1.29, 1.82) is 0 Å². The largest absolute Gasteiger partial charge is 0.490 e. The number of ether oxygens (including phenoxy) is 2. The van der Waals surface area contributed by atoms with Crippen LogP contribution in [0, 0.1) is 5.92 Å². The van der Waals surface area contributed by atoms with Crippen LogP contribution >= 0.6 is 0 Å². The number of aliphatic hydroxyl groups excluding tert-OH is 1. The van der Waals surface area contributed by atoms with E-state index in [0.717, 1.165) is 12.7 Å². The molecule has 2 amide bonds. The Hall–Kier alpha value is -2.58. The van der Waals surface area contributed by atoms with Crippen LogP contribution in [0.15, 0.2) is 18.2 Å². The number of benzene rings is 1. The van der Waals surface area contributed by atoms with Crippen molar-refractivity contribution >= 4 is 27.5 Å². The van der Waals surface area contributed by atoms with E-state index in [-0.39, 0.29) is 42.8 Å². The molecule has 0 saturated heterocycles. The second-order valence-electron chi connectivity index (χ2n) is 10.8. The standard InChI is InChI=1S/C27H42F3N3O7S/c1-18-15-33(19(2)17-34)26(36)22-14-21(31-41(5,37)38)9-10-23(22)40-20(3)8-6-7-13-39-24(18)16-32(4)25(35)11-12-27(28,29)30/h9-10,14,18-20,24,31,34H,6-8,11-13,15-17H2,1-5H3/t18-,19+,20-,24+/m0/s1. The number of sulfonamides is 1. The van der Waals surface area contributed by atoms with Gasteiger partial charge in [0.25, 0.3) is 5.91 Å². The first-order valence-electron chi connectivity index (χ1n) is 13.6. The van der Waals surface area contributed by atoms with E-state index in [1.807, 2.05) is 6.92 Å². The Morgan fingerprint density at radius 1 is 1.27 bits per heavy atom. The van der Waals surface area contributed by atoms with Gasteiger partial charge in [0.2, 0.25) is 15.9 Å². The molecule has 2 N–H and O–H groups in total. The van der Waals surface area contributed by atoms with E-state index in [9.17, 15) is 36.3 Å². The number of likely N-dealkylation sites (N-methyl/N-ethyl adjacent to an activating group) is 1. The Bertz CT molecular complexity index is 1130. The molecule has 2 rings (SSSR count). The van der Waals surface area contributed by atoms with Gasteiger partial charge in [0.05, 0.1) is 43.1 Å². The molecule has 1 aromatic rings. The molecule has 14 heteroatoms. The van der Waals surface area contributed by atoms with Gasteiger partial charge in [-0.25, -0.2) is 8.42 Å². The normalized spacial score (nSPS) is 22.2. The molecule has 0 aromatic heterocycles. The number of amides is 2. The number of carbonyl (C=O) groups is 2. The molecular formula is C27H42F3N3O7S. The van der Waals surface area contributed by atoms with Gasteiger partial charge in [-0.1, -0.05) is 6.92 Å². The molecule has 1 aliphatic heterocycles. The Morgan fingerprint density at radius 2 is 1.95 bits per heavy atom. The summed E-state index contributed by atoms with van der Waals surface area (Å²) in [5.74, 6) is -1.30. The van der Waals surface area contributed by atoms with Crippen molar-refractivity contribution in [2.75, 3.05) is 44.3 Å². The Kier molecular flexibility index (Phi) is 12.7. The molecule has 0 aliphatic carbocycles. The van der Waals surface area contributed by atoms with Gasteiger partial charge in [0, 0.05) is 44.8 Å². The third-order valence-corrected chi connectivity index (χ3v) is 7.46. The summed E-state index contributed by atoms with van der Waals surface area (Å²) in [5.41, 5.74) is 0.272. The van der Waals surface area contributed by atoms with E-state index in [4.69, 9.17) is 9.47 Å². The average Bonchev–Trinajstić information content (AvgIpc) is 2.87. The monoisotopic (exact) mass is 609 g/mol. The first kappa shape index (κ1) is 34.6. The number of hydrogen-bond acceptors (Lipinski definition) is 7. The molecule has 1 aliphatic rings. The van der Waals surface area contributed by atoms with E-state index in [1.165, 1.54) is 35.0 Å². The summed E-state index contributed by atoms with van der Waals surface area (Å²) in [7, 11) is -2.21. The van der Waals surface area contributed by atoms with Crippen molar-refractivity contribution < 1.29 is 45.8 Å². The number of aliphatic hydroxyl groups is 1. The summed E-state index contributed by atoms with van der Waals surface area (Å²) in [5, 5.41) is 9.98. The van der Waals surface area contributed by atoms with Gasteiger partial charge < -0.3 is 24.4 Å². The number of hydrogen-bond donors (Lipinski definition) is 2. The van der Waals surface area contributed by atoms with Crippen LogP contribution in [0.25, 0.3) is 0 Å². The lowest BCUT2D eigenvalue weighted by Gasteiger charge is -2.36. The van der Waals surface area contributed by atoms with Crippen LogP contribution in [0.1, 0.15) is 63.2 Å². The number of alkyl halides is 3. The number of halogens is 3. The van der Waals surface area contributed by atoms with Crippen molar-refractivity contribution in [1.82, 2.24) is 9.80 Å². The summed E-state index contributed by atoms with van der Waals surface area (Å²) >= 11 is 0. The lowest BCUT2D eigenvalue weighted by molar-refractivity contribution is -0.149. The molecule has 0 radical (unpaired) electrons. The van der Waals surface area contributed by atoms with Crippen LogP contribution in [-0.4, -0.2) is 99.2 Å². The van der Waals surface area contributed by atoms with Crippen LogP contribution in [0.4, 0.5) is 18.9 Å². The topological polar surface area (TPSA) is 125 Å². The summed E-state index contributed by atoms with van der Waals surface area (Å²) in [4.78, 5) is 29.0. The highest BCUT2D eigenvalue weighted by atomic mass is 32.2. The van der Waals surface area contributed by atoms with Crippen LogP contribution in [0.3, 0.4) is 0 Å². The molecule has 0 fully saturated rings. The van der Waals surface area contributed by atoms with Gasteiger partial charge in [0.15, 0.2) is 0 Å². The number of nitrogens with one attached hydrogen (secondary N) is 1. The van der Waals surface area contributed by atoms with E-state index in [1.54, 1.807) is 13.8 Å². The zero-order chi connectivity index (χ0) is 31.0. The van der Waals surface area contributed by atoms with Gasteiger partial charge in [-0.05, 0) is 51.3 Å². The first-order chi connectivity index (χ1) is 19.0. The number of nitrogens with zero attached hydrogens (tertiary/aromatic N) is 2. The van der Waals surface area contributed by atoms with Crippen molar-refractivity contribution in [3.63, 3.8) is 0 Å². The molecule has 234 valence electrons. The van der Waals surface area contributed by atoms with Gasteiger partial charge in [-0.2, -0.15) is 13.2 Å². The van der Waals surface area contributed by atoms with Gasteiger partial charge >= 0.3 is 6.18 Å². The molecule has 0 unspecified atom stereocenters. The second kappa shape index (κ2) is 15.1. The number of fused-ring (bicyclic) bond motifs is 1. The maximum atomic E-state index is 13.9. The van der Waals surface area contributed by atoms with E-state index < -0.39 is 58.9 Å². The fourth-order valence-corrected chi connectivity index (χ4v) is 5.03. The lowest BCUT2D eigenvalue weighted by atomic mass is 10.0. The number of rotatable bonds is 8. The highest BCUT2D eigenvalue weighted by Crippen LogP contribution is 2.29. The number of carbonyl (C=O) groups excluding carboxylic acids is 2. The van der Waals surface area contributed by atoms with Crippen LogP contribution < -0.4 is 9.46 Å². The SMILES string of the molecule is C[C@H](CO)N1C[C@H](C)[C@@H](CN(C)C(=O)CCC(F)(F)F)OCCCC[C@H](C)Oc2ccc(NS(C)(=O)=O)cc2C1=O. The Labute approximate surface area is 240 Å². The first-order valence-corrected chi connectivity index (χ1v) is 15.5. The molecule has 1 aromatic carbocycles. The van der Waals surface area contributed by atoms with Gasteiger partial charge in [0.1, 0.15) is 5.75 Å². The molecule has 41 heavy (non-hydrogen) atoms. The summed E-state index contributed by atoms with van der Waals surface area (Å²) in [6.07, 6.45) is -4.20. The van der Waals surface area contributed by atoms with Crippen molar-refractivity contribution in [2.24, 2.45) is 5.92 Å². The fourth-order valence-electron chi connectivity index (χ4n) is 4.47. The van der Waals surface area contributed by atoms with Crippen LogP contribution in [-0.2, 0) is 19.6 Å². The fraction of sp³-hybridized carbons (Fsp3) is 0.704. The maximum Gasteiger partial charge on any atom is 0.389 e. The second-order valence-corrected chi connectivity index (χ2v) is 12.5. The minimum atomic E-state index is -4.44. The van der Waals surface area contributed by atoms with Gasteiger partial charge in [-0.3, -0.25) is 14.3 Å². The Balaban J connectivity index is 2.42. The maximum absolute atomic E-state index is 13.9. The average molecular weight is 610 g/mol. The third-order valence-electron chi connectivity index (χ3n) is 6.86. The zero-order valence-corrected chi connectivity index (χ0v) is 25.1. The van der Waals surface area contributed by atoms with E-state index >= 15 is 0 Å². The minimum Gasteiger partial charge on any atom is -0.490 e. The quantitative estimate of drug-likeness (QED) is 0.461. The highest BCUT2D eigenvalue weighted by molar-refractivity contribution is 7.92. The predicted octanol–water partition coefficient (Wildman–Crippen LogP) is 3.65. The molecule has 0 bridgehead atoms. The van der Waals surface area contributed by atoms with Crippen molar-refractivity contribution in [3.8, 4) is 5.75 Å².